The maximum Gasteiger partial charge on any atom is 0.416 e. The highest BCUT2D eigenvalue weighted by Gasteiger charge is 2.31. The van der Waals surface area contributed by atoms with Gasteiger partial charge in [0, 0.05) is 30.4 Å². The fourth-order valence-electron chi connectivity index (χ4n) is 1.93. The molecule has 0 unspecified atom stereocenters. The molecule has 0 aliphatic carbocycles. The van der Waals surface area contributed by atoms with Crippen molar-refractivity contribution >= 4 is 11.5 Å². The minimum atomic E-state index is -4.50. The van der Waals surface area contributed by atoms with Crippen LogP contribution in [-0.4, -0.2) is 15.6 Å². The highest BCUT2D eigenvalue weighted by atomic mass is 19.4. The van der Waals surface area contributed by atoms with E-state index >= 15 is 0 Å². The molecule has 21 heavy (non-hydrogen) atoms. The zero-order valence-electron chi connectivity index (χ0n) is 11.3. The normalized spacial score (nSPS) is 11.6. The molecule has 2 aromatic rings. The van der Waals surface area contributed by atoms with Crippen LogP contribution in [0, 0.1) is 0 Å². The van der Waals surface area contributed by atoms with Crippen LogP contribution in [-0.2, 0) is 19.1 Å². The largest absolute Gasteiger partial charge is 0.416 e. The number of nitrogens with zero attached hydrogens (tertiary/aromatic N) is 2. The molecule has 0 radical (unpaired) electrons. The quantitative estimate of drug-likeness (QED) is 0.697. The summed E-state index contributed by atoms with van der Waals surface area (Å²) >= 11 is 0. The summed E-state index contributed by atoms with van der Waals surface area (Å²) in [4.78, 5) is 12.1. The topological polar surface area (TPSA) is 60.9 Å². The Balaban J connectivity index is 2.26. The Morgan fingerprint density at radius 1 is 1.38 bits per heavy atom. The van der Waals surface area contributed by atoms with E-state index in [0.717, 1.165) is 18.2 Å². The summed E-state index contributed by atoms with van der Waals surface area (Å²) in [6, 6.07) is 2.76. The van der Waals surface area contributed by atoms with Gasteiger partial charge in [-0.25, -0.2) is 0 Å². The third-order valence-electron chi connectivity index (χ3n) is 3.06. The van der Waals surface area contributed by atoms with Gasteiger partial charge in [0.15, 0.2) is 5.78 Å². The van der Waals surface area contributed by atoms with Crippen molar-refractivity contribution in [1.82, 2.24) is 9.78 Å². The molecule has 4 nitrogen and oxygen atoms in total. The molecule has 7 heteroatoms. The van der Waals surface area contributed by atoms with E-state index in [1.807, 2.05) is 6.92 Å². The molecule has 0 fully saturated rings. The number of hydrogen-bond donors (Lipinski definition) is 1. The van der Waals surface area contributed by atoms with Crippen LogP contribution in [0.2, 0.25) is 0 Å². The summed E-state index contributed by atoms with van der Waals surface area (Å²) < 4.78 is 39.7. The molecule has 0 saturated heterocycles. The Bertz CT molecular complexity index is 662. The van der Waals surface area contributed by atoms with Gasteiger partial charge in [0.1, 0.15) is 0 Å². The Morgan fingerprint density at radius 3 is 2.67 bits per heavy atom. The second kappa shape index (κ2) is 5.59. The molecule has 0 saturated carbocycles. The molecule has 0 spiro atoms. The summed E-state index contributed by atoms with van der Waals surface area (Å²) in [6.07, 6.45) is -1.34. The fourth-order valence-corrected chi connectivity index (χ4v) is 1.93. The number of alkyl halides is 3. The smallest absolute Gasteiger partial charge is 0.398 e. The Hall–Kier alpha value is -2.31. The highest BCUT2D eigenvalue weighted by Crippen LogP contribution is 2.31. The number of carbonyl (C=O) groups excluding carboxylic acids is 1. The fraction of sp³-hybridized carbons (Fsp3) is 0.286. The van der Waals surface area contributed by atoms with Crippen LogP contribution >= 0.6 is 0 Å². The first-order valence-electron chi connectivity index (χ1n) is 6.32. The lowest BCUT2D eigenvalue weighted by Crippen LogP contribution is -2.11. The number of halogens is 3. The maximum absolute atomic E-state index is 12.7. The lowest BCUT2D eigenvalue weighted by Gasteiger charge is -2.10. The average Bonchev–Trinajstić information content (AvgIpc) is 2.85. The van der Waals surface area contributed by atoms with Gasteiger partial charge in [0.25, 0.3) is 0 Å². The minimum absolute atomic E-state index is 0.0362. The number of carbonyl (C=O) groups is 1. The van der Waals surface area contributed by atoms with E-state index in [2.05, 4.69) is 5.10 Å². The summed E-state index contributed by atoms with van der Waals surface area (Å²) in [5.41, 5.74) is 5.28. The monoisotopic (exact) mass is 297 g/mol. The van der Waals surface area contributed by atoms with Crippen LogP contribution in [0.1, 0.15) is 28.4 Å². The van der Waals surface area contributed by atoms with Crippen molar-refractivity contribution in [2.45, 2.75) is 26.1 Å². The molecule has 0 amide bonds. The molecule has 0 aliphatic heterocycles. The highest BCUT2D eigenvalue weighted by molar-refractivity contribution is 6.02. The molecular formula is C14H14F3N3O. The van der Waals surface area contributed by atoms with Crippen molar-refractivity contribution in [1.29, 1.82) is 0 Å². The summed E-state index contributed by atoms with van der Waals surface area (Å²) in [5.74, 6) is -0.464. The number of ketones is 1. The average molecular weight is 297 g/mol. The molecule has 0 atom stereocenters. The summed E-state index contributed by atoms with van der Waals surface area (Å²) in [6.45, 7) is 2.54. The number of aryl methyl sites for hydroxylation is 1. The Kier molecular flexibility index (Phi) is 4.02. The van der Waals surface area contributed by atoms with Crippen molar-refractivity contribution in [2.75, 3.05) is 5.73 Å². The maximum atomic E-state index is 12.7. The standard InChI is InChI=1S/C14H14F3N3O/c1-2-20-8-9(7-19-20)5-13(21)11-6-10(14(15,16)17)3-4-12(11)18/h3-4,6-8H,2,5,18H2,1H3. The van der Waals surface area contributed by atoms with Crippen molar-refractivity contribution in [3.05, 3.63) is 47.3 Å². The molecule has 112 valence electrons. The second-order valence-electron chi connectivity index (χ2n) is 4.60. The molecule has 1 heterocycles. The van der Waals surface area contributed by atoms with E-state index < -0.39 is 17.5 Å². The van der Waals surface area contributed by atoms with Gasteiger partial charge in [0.2, 0.25) is 0 Å². The molecule has 0 bridgehead atoms. The van der Waals surface area contributed by atoms with Gasteiger partial charge >= 0.3 is 6.18 Å². The first-order chi connectivity index (χ1) is 9.81. The summed E-state index contributed by atoms with van der Waals surface area (Å²) in [7, 11) is 0. The van der Waals surface area contributed by atoms with Gasteiger partial charge in [-0.3, -0.25) is 9.48 Å². The predicted octanol–water partition coefficient (Wildman–Crippen LogP) is 2.93. The van der Waals surface area contributed by atoms with E-state index in [9.17, 15) is 18.0 Å². The van der Waals surface area contributed by atoms with Crippen LogP contribution in [0.3, 0.4) is 0 Å². The van der Waals surface area contributed by atoms with E-state index in [4.69, 9.17) is 5.73 Å². The van der Waals surface area contributed by atoms with Gasteiger partial charge in [0.05, 0.1) is 11.8 Å². The SMILES string of the molecule is CCn1cc(CC(=O)c2cc(C(F)(F)F)ccc2N)cn1. The van der Waals surface area contributed by atoms with Gasteiger partial charge in [-0.05, 0) is 30.7 Å². The number of Topliss-reactive ketones (excluding diaryl/α,β-unsaturated/α-hetero) is 1. The van der Waals surface area contributed by atoms with Crippen LogP contribution in [0.5, 0.6) is 0 Å². The molecule has 1 aromatic carbocycles. The Morgan fingerprint density at radius 2 is 2.10 bits per heavy atom. The first-order valence-corrected chi connectivity index (χ1v) is 6.32. The third kappa shape index (κ3) is 3.42. The summed E-state index contributed by atoms with van der Waals surface area (Å²) in [5, 5.41) is 4.01. The number of benzene rings is 1. The molecule has 2 rings (SSSR count). The van der Waals surface area contributed by atoms with Crippen molar-refractivity contribution < 1.29 is 18.0 Å². The molecule has 1 aromatic heterocycles. The van der Waals surface area contributed by atoms with E-state index in [1.165, 1.54) is 6.20 Å². The molecular weight excluding hydrogens is 283 g/mol. The Labute approximate surface area is 119 Å². The van der Waals surface area contributed by atoms with Gasteiger partial charge in [-0.15, -0.1) is 0 Å². The van der Waals surface area contributed by atoms with Gasteiger partial charge < -0.3 is 5.73 Å². The predicted molar refractivity (Wildman–Crippen MR) is 71.8 cm³/mol. The van der Waals surface area contributed by atoms with Crippen LogP contribution in [0.25, 0.3) is 0 Å². The zero-order valence-corrected chi connectivity index (χ0v) is 11.3. The third-order valence-corrected chi connectivity index (χ3v) is 3.06. The molecule has 0 aliphatic rings. The number of nitrogens with two attached hydrogens (primary N) is 1. The second-order valence-corrected chi connectivity index (χ2v) is 4.60. The number of nitrogen functional groups attached to an aromatic ring is 1. The van der Waals surface area contributed by atoms with Crippen LogP contribution < -0.4 is 5.73 Å². The number of anilines is 1. The lowest BCUT2D eigenvalue weighted by molar-refractivity contribution is -0.137. The van der Waals surface area contributed by atoms with E-state index in [1.54, 1.807) is 10.9 Å². The number of hydrogen-bond acceptors (Lipinski definition) is 3. The van der Waals surface area contributed by atoms with E-state index in [0.29, 0.717) is 12.1 Å². The number of rotatable bonds is 4. The lowest BCUT2D eigenvalue weighted by atomic mass is 10.0. The first kappa shape index (κ1) is 15.1. The van der Waals surface area contributed by atoms with Gasteiger partial charge in [-0.2, -0.15) is 18.3 Å². The van der Waals surface area contributed by atoms with Crippen molar-refractivity contribution in [3.63, 3.8) is 0 Å². The van der Waals surface area contributed by atoms with Crippen LogP contribution in [0.15, 0.2) is 30.6 Å². The van der Waals surface area contributed by atoms with Gasteiger partial charge in [-0.1, -0.05) is 0 Å². The van der Waals surface area contributed by atoms with Crippen LogP contribution in [0.4, 0.5) is 18.9 Å². The van der Waals surface area contributed by atoms with E-state index in [-0.39, 0.29) is 17.7 Å². The number of aromatic nitrogens is 2. The minimum Gasteiger partial charge on any atom is -0.398 e. The van der Waals surface area contributed by atoms with Crippen molar-refractivity contribution in [3.8, 4) is 0 Å². The van der Waals surface area contributed by atoms with Crippen molar-refractivity contribution in [2.24, 2.45) is 0 Å². The molecule has 2 N–H and O–H groups in total. The zero-order chi connectivity index (χ0) is 15.6.